The van der Waals surface area contributed by atoms with Crippen molar-refractivity contribution in [1.29, 1.82) is 0 Å². The average Bonchev–Trinajstić information content (AvgIpc) is 2.51. The number of thioether (sulfide) groups is 1. The first-order chi connectivity index (χ1) is 10.1. The normalized spacial score (nSPS) is 21.0. The molecule has 0 spiro atoms. The summed E-state index contributed by atoms with van der Waals surface area (Å²) < 4.78 is 5.16. The van der Waals surface area contributed by atoms with E-state index in [9.17, 15) is 4.79 Å². The van der Waals surface area contributed by atoms with Gasteiger partial charge < -0.3 is 15.0 Å². The van der Waals surface area contributed by atoms with Crippen LogP contribution in [0.3, 0.4) is 0 Å². The molecule has 0 bridgehead atoms. The lowest BCUT2D eigenvalue weighted by atomic mass is 9.98. The molecule has 1 heterocycles. The maximum atomic E-state index is 11.9. The van der Waals surface area contributed by atoms with Gasteiger partial charge >= 0.3 is 5.97 Å². The van der Waals surface area contributed by atoms with Crippen LogP contribution in [0.25, 0.3) is 0 Å². The number of hydrogen-bond acceptors (Lipinski definition) is 4. The third-order valence-electron chi connectivity index (χ3n) is 3.58. The Bertz CT molecular complexity index is 350. The number of likely N-dealkylation sites (tertiary alicyclic amines) is 1. The molecule has 1 saturated heterocycles. The van der Waals surface area contributed by atoms with Crippen molar-refractivity contribution in [3.63, 3.8) is 0 Å². The number of esters is 1. The largest absolute Gasteiger partial charge is 0.466 e. The van der Waals surface area contributed by atoms with Crippen molar-refractivity contribution in [3.8, 4) is 0 Å². The Morgan fingerprint density at radius 1 is 1.52 bits per heavy atom. The van der Waals surface area contributed by atoms with Crippen molar-refractivity contribution in [2.45, 2.75) is 38.9 Å². The van der Waals surface area contributed by atoms with Crippen molar-refractivity contribution in [3.05, 3.63) is 0 Å². The van der Waals surface area contributed by atoms with E-state index in [2.05, 4.69) is 30.3 Å². The first-order valence-corrected chi connectivity index (χ1v) is 9.13. The molecule has 0 aliphatic carbocycles. The second-order valence-corrected chi connectivity index (χ2v) is 6.55. The maximum absolute atomic E-state index is 11.9. The molecule has 0 radical (unpaired) electrons. The summed E-state index contributed by atoms with van der Waals surface area (Å²) in [7, 11) is 0. The molecule has 6 heteroatoms. The smallest absolute Gasteiger partial charge is 0.310 e. The van der Waals surface area contributed by atoms with Gasteiger partial charge in [0, 0.05) is 24.9 Å². The maximum Gasteiger partial charge on any atom is 0.310 e. The number of hydrogen-bond donors (Lipinski definition) is 1. The Balaban J connectivity index is 2.66. The van der Waals surface area contributed by atoms with Crippen molar-refractivity contribution >= 4 is 23.7 Å². The van der Waals surface area contributed by atoms with Crippen LogP contribution in [-0.4, -0.2) is 61.1 Å². The quantitative estimate of drug-likeness (QED) is 0.461. The van der Waals surface area contributed by atoms with Crippen LogP contribution in [0.15, 0.2) is 4.99 Å². The molecule has 21 heavy (non-hydrogen) atoms. The van der Waals surface area contributed by atoms with Gasteiger partial charge in [-0.25, -0.2) is 0 Å². The molecule has 1 fully saturated rings. The number of nitrogens with zero attached hydrogens (tertiary/aromatic N) is 2. The second-order valence-electron chi connectivity index (χ2n) is 5.28. The Labute approximate surface area is 132 Å². The fourth-order valence-electron chi connectivity index (χ4n) is 2.34. The predicted octanol–water partition coefficient (Wildman–Crippen LogP) is 1.98. The zero-order chi connectivity index (χ0) is 15.7. The third-order valence-corrected chi connectivity index (χ3v) is 4.53. The van der Waals surface area contributed by atoms with Gasteiger partial charge in [-0.15, -0.1) is 0 Å². The minimum absolute atomic E-state index is 0.0273. The van der Waals surface area contributed by atoms with E-state index < -0.39 is 0 Å². The number of nitrogens with one attached hydrogen (secondary N) is 1. The highest BCUT2D eigenvalue weighted by atomic mass is 32.2. The molecular formula is C15H29N3O2S. The summed E-state index contributed by atoms with van der Waals surface area (Å²) in [5.74, 6) is 0.823. The van der Waals surface area contributed by atoms with Crippen LogP contribution >= 0.6 is 11.8 Å². The number of carbonyl (C=O) groups excluding carboxylic acids is 1. The van der Waals surface area contributed by atoms with Crippen LogP contribution < -0.4 is 5.32 Å². The first-order valence-electron chi connectivity index (χ1n) is 7.85. The van der Waals surface area contributed by atoms with Crippen LogP contribution in [0, 0.1) is 5.92 Å². The molecular weight excluding hydrogens is 286 g/mol. The molecule has 1 aliphatic rings. The Morgan fingerprint density at radius 2 is 2.29 bits per heavy atom. The number of guanidine groups is 1. The van der Waals surface area contributed by atoms with Crippen molar-refractivity contribution < 1.29 is 9.53 Å². The van der Waals surface area contributed by atoms with Crippen LogP contribution in [-0.2, 0) is 9.53 Å². The topological polar surface area (TPSA) is 53.9 Å². The fourth-order valence-corrected chi connectivity index (χ4v) is 2.56. The summed E-state index contributed by atoms with van der Waals surface area (Å²) in [6, 6.07) is 0. The first kappa shape index (κ1) is 18.1. The highest BCUT2D eigenvalue weighted by Crippen LogP contribution is 2.18. The molecule has 5 nitrogen and oxygen atoms in total. The van der Waals surface area contributed by atoms with Gasteiger partial charge in [-0.05, 0) is 32.9 Å². The van der Waals surface area contributed by atoms with Crippen molar-refractivity contribution in [2.75, 3.05) is 39.0 Å². The van der Waals surface area contributed by atoms with E-state index in [0.717, 1.165) is 38.4 Å². The molecule has 2 atom stereocenters. The minimum atomic E-state index is -0.0736. The van der Waals surface area contributed by atoms with Crippen LogP contribution in [0.2, 0.25) is 0 Å². The Kier molecular flexibility index (Phi) is 8.57. The molecule has 0 aromatic carbocycles. The predicted molar refractivity (Wildman–Crippen MR) is 89.9 cm³/mol. The van der Waals surface area contributed by atoms with Gasteiger partial charge in [0.05, 0.1) is 19.1 Å². The van der Waals surface area contributed by atoms with Crippen LogP contribution in [0.1, 0.15) is 33.6 Å². The number of ether oxygens (including phenoxy) is 1. The molecule has 0 saturated carbocycles. The van der Waals surface area contributed by atoms with E-state index in [-0.39, 0.29) is 11.9 Å². The standard InChI is InChI=1S/C15H29N3O2S/c1-5-16-15(17-10-12(3)21-4)18-9-7-8-13(11-18)14(19)20-6-2/h12-13H,5-11H2,1-4H3,(H,16,17). The monoisotopic (exact) mass is 315 g/mol. The number of piperidine rings is 1. The fraction of sp³-hybridized carbons (Fsp3) is 0.867. The Morgan fingerprint density at radius 3 is 2.90 bits per heavy atom. The van der Waals surface area contributed by atoms with Gasteiger partial charge in [0.25, 0.3) is 0 Å². The lowest BCUT2D eigenvalue weighted by Gasteiger charge is -2.34. The van der Waals surface area contributed by atoms with Gasteiger partial charge in [-0.3, -0.25) is 9.79 Å². The number of rotatable bonds is 6. The molecule has 1 N–H and O–H groups in total. The molecule has 122 valence electrons. The highest BCUT2D eigenvalue weighted by molar-refractivity contribution is 7.99. The zero-order valence-electron chi connectivity index (χ0n) is 13.7. The second kappa shape index (κ2) is 9.92. The number of aliphatic imine (C=N–C) groups is 1. The molecule has 0 aromatic rings. The summed E-state index contributed by atoms with van der Waals surface area (Å²) in [5, 5.41) is 3.84. The lowest BCUT2D eigenvalue weighted by Crippen LogP contribution is -2.48. The van der Waals surface area contributed by atoms with Gasteiger partial charge in [0.1, 0.15) is 0 Å². The van der Waals surface area contributed by atoms with Gasteiger partial charge in [-0.2, -0.15) is 11.8 Å². The summed E-state index contributed by atoms with van der Waals surface area (Å²) >= 11 is 1.82. The summed E-state index contributed by atoms with van der Waals surface area (Å²) in [5.41, 5.74) is 0. The zero-order valence-corrected chi connectivity index (χ0v) is 14.5. The molecule has 0 aromatic heterocycles. The summed E-state index contributed by atoms with van der Waals surface area (Å²) in [6.07, 6.45) is 4.02. The molecule has 2 unspecified atom stereocenters. The van der Waals surface area contributed by atoms with E-state index in [0.29, 0.717) is 18.4 Å². The molecule has 1 aliphatic heterocycles. The highest BCUT2D eigenvalue weighted by Gasteiger charge is 2.28. The van der Waals surface area contributed by atoms with E-state index in [1.54, 1.807) is 0 Å². The van der Waals surface area contributed by atoms with E-state index in [1.165, 1.54) is 0 Å². The Hall–Kier alpha value is -0.910. The van der Waals surface area contributed by atoms with Crippen LogP contribution in [0.5, 0.6) is 0 Å². The van der Waals surface area contributed by atoms with Gasteiger partial charge in [0.15, 0.2) is 5.96 Å². The van der Waals surface area contributed by atoms with E-state index in [4.69, 9.17) is 9.73 Å². The van der Waals surface area contributed by atoms with Crippen molar-refractivity contribution in [1.82, 2.24) is 10.2 Å². The summed E-state index contributed by atoms with van der Waals surface area (Å²) in [4.78, 5) is 18.8. The summed E-state index contributed by atoms with van der Waals surface area (Å²) in [6.45, 7) is 9.85. The lowest BCUT2D eigenvalue weighted by molar-refractivity contribution is -0.149. The van der Waals surface area contributed by atoms with E-state index >= 15 is 0 Å². The SMILES string of the molecule is CCNC(=NCC(C)SC)N1CCCC(C(=O)OCC)C1. The van der Waals surface area contributed by atoms with Crippen LogP contribution in [0.4, 0.5) is 0 Å². The number of carbonyl (C=O) groups is 1. The van der Waals surface area contributed by atoms with Gasteiger partial charge in [-0.1, -0.05) is 6.92 Å². The third kappa shape index (κ3) is 6.16. The van der Waals surface area contributed by atoms with Gasteiger partial charge in [0.2, 0.25) is 0 Å². The van der Waals surface area contributed by atoms with E-state index in [1.807, 2.05) is 18.7 Å². The minimum Gasteiger partial charge on any atom is -0.466 e. The average molecular weight is 315 g/mol. The van der Waals surface area contributed by atoms with Crippen molar-refractivity contribution in [2.24, 2.45) is 10.9 Å². The molecule has 1 rings (SSSR count). The molecule has 0 amide bonds.